The largest absolute Gasteiger partial charge is 0.366 e. The predicted octanol–water partition coefficient (Wildman–Crippen LogP) is 2.63. The highest BCUT2D eigenvalue weighted by molar-refractivity contribution is 6.16. The average Bonchev–Trinajstić information content (AvgIpc) is 2.41. The molecule has 1 amide bonds. The monoisotopic (exact) mass is 253 g/mol. The van der Waals surface area contributed by atoms with Gasteiger partial charge in [0.05, 0.1) is 5.56 Å². The Morgan fingerprint density at radius 1 is 0.947 bits per heavy atom. The van der Waals surface area contributed by atoms with Gasteiger partial charge in [0.25, 0.3) is 0 Å². The maximum Gasteiger partial charge on any atom is 0.249 e. The van der Waals surface area contributed by atoms with E-state index in [1.165, 1.54) is 0 Å². The standard InChI is InChI=1S/C16H15NO2/c1-10-8-9-13(16(17)19)14(11(10)2)15(18)12-6-4-3-5-7-12/h3-9H,1-2H3,(H2,17,19). The molecular weight excluding hydrogens is 238 g/mol. The molecule has 0 aliphatic carbocycles. The van der Waals surface area contributed by atoms with Crippen LogP contribution in [0.25, 0.3) is 0 Å². The molecule has 0 aliphatic rings. The Hall–Kier alpha value is -2.42. The van der Waals surface area contributed by atoms with Crippen LogP contribution in [0.4, 0.5) is 0 Å². The van der Waals surface area contributed by atoms with Crippen LogP contribution in [-0.2, 0) is 0 Å². The Kier molecular flexibility index (Phi) is 3.47. The Bertz CT molecular complexity index is 645. The molecule has 3 nitrogen and oxygen atoms in total. The zero-order valence-electron chi connectivity index (χ0n) is 10.9. The van der Waals surface area contributed by atoms with E-state index >= 15 is 0 Å². The van der Waals surface area contributed by atoms with Crippen LogP contribution < -0.4 is 5.73 Å². The maximum absolute atomic E-state index is 12.5. The van der Waals surface area contributed by atoms with Crippen LogP contribution in [0.2, 0.25) is 0 Å². The zero-order valence-corrected chi connectivity index (χ0v) is 10.9. The minimum Gasteiger partial charge on any atom is -0.366 e. The summed E-state index contributed by atoms with van der Waals surface area (Å²) < 4.78 is 0. The molecule has 0 atom stereocenters. The van der Waals surface area contributed by atoms with Gasteiger partial charge in [-0.1, -0.05) is 36.4 Å². The Morgan fingerprint density at radius 2 is 1.58 bits per heavy atom. The van der Waals surface area contributed by atoms with E-state index in [0.29, 0.717) is 11.1 Å². The van der Waals surface area contributed by atoms with Crippen LogP contribution in [-0.4, -0.2) is 11.7 Å². The third kappa shape index (κ3) is 2.40. The lowest BCUT2D eigenvalue weighted by molar-refractivity contribution is 0.0980. The van der Waals surface area contributed by atoms with Crippen molar-refractivity contribution >= 4 is 11.7 Å². The molecule has 0 saturated heterocycles. The van der Waals surface area contributed by atoms with Crippen molar-refractivity contribution in [3.8, 4) is 0 Å². The van der Waals surface area contributed by atoms with E-state index < -0.39 is 5.91 Å². The molecule has 0 spiro atoms. The SMILES string of the molecule is Cc1ccc(C(N)=O)c(C(=O)c2ccccc2)c1C. The second kappa shape index (κ2) is 5.06. The molecule has 0 aliphatic heterocycles. The van der Waals surface area contributed by atoms with Crippen LogP contribution >= 0.6 is 0 Å². The molecule has 0 unspecified atom stereocenters. The first-order valence-corrected chi connectivity index (χ1v) is 6.02. The molecule has 0 saturated carbocycles. The first-order chi connectivity index (χ1) is 9.02. The van der Waals surface area contributed by atoms with Gasteiger partial charge >= 0.3 is 0 Å². The van der Waals surface area contributed by atoms with E-state index in [-0.39, 0.29) is 11.3 Å². The number of ketones is 1. The van der Waals surface area contributed by atoms with Gasteiger partial charge in [0, 0.05) is 11.1 Å². The topological polar surface area (TPSA) is 60.2 Å². The van der Waals surface area contributed by atoms with Gasteiger partial charge in [-0.3, -0.25) is 9.59 Å². The quantitative estimate of drug-likeness (QED) is 0.855. The Morgan fingerprint density at radius 3 is 2.16 bits per heavy atom. The highest BCUT2D eigenvalue weighted by atomic mass is 16.1. The first kappa shape index (κ1) is 13.0. The summed E-state index contributed by atoms with van der Waals surface area (Å²) in [4.78, 5) is 24.0. The first-order valence-electron chi connectivity index (χ1n) is 6.02. The number of hydrogen-bond acceptors (Lipinski definition) is 2. The van der Waals surface area contributed by atoms with Gasteiger partial charge < -0.3 is 5.73 Å². The molecule has 0 aromatic heterocycles. The maximum atomic E-state index is 12.5. The van der Waals surface area contributed by atoms with Crippen LogP contribution in [0, 0.1) is 13.8 Å². The zero-order chi connectivity index (χ0) is 14.0. The molecule has 0 fully saturated rings. The number of primary amides is 1. The molecule has 2 N–H and O–H groups in total. The molecule has 2 aromatic carbocycles. The minimum absolute atomic E-state index is 0.171. The Balaban J connectivity index is 2.64. The highest BCUT2D eigenvalue weighted by Crippen LogP contribution is 2.21. The smallest absolute Gasteiger partial charge is 0.249 e. The second-order valence-electron chi connectivity index (χ2n) is 4.49. The van der Waals surface area contributed by atoms with Crippen LogP contribution in [0.1, 0.15) is 37.4 Å². The predicted molar refractivity (Wildman–Crippen MR) is 74.3 cm³/mol. The third-order valence-corrected chi connectivity index (χ3v) is 3.26. The van der Waals surface area contributed by atoms with E-state index in [0.717, 1.165) is 11.1 Å². The lowest BCUT2D eigenvalue weighted by Crippen LogP contribution is -2.18. The normalized spacial score (nSPS) is 10.2. The fraction of sp³-hybridized carbons (Fsp3) is 0.125. The summed E-state index contributed by atoms with van der Waals surface area (Å²) in [5, 5.41) is 0. The van der Waals surface area contributed by atoms with Crippen molar-refractivity contribution in [1.82, 2.24) is 0 Å². The van der Waals surface area contributed by atoms with Crippen LogP contribution in [0.3, 0.4) is 0 Å². The lowest BCUT2D eigenvalue weighted by Gasteiger charge is -2.12. The number of carbonyl (C=O) groups is 2. The van der Waals surface area contributed by atoms with Crippen molar-refractivity contribution in [1.29, 1.82) is 0 Å². The summed E-state index contributed by atoms with van der Waals surface area (Å²) in [7, 11) is 0. The van der Waals surface area contributed by atoms with E-state index in [2.05, 4.69) is 0 Å². The van der Waals surface area contributed by atoms with E-state index in [4.69, 9.17) is 5.73 Å². The summed E-state index contributed by atoms with van der Waals surface area (Å²) in [6.07, 6.45) is 0. The minimum atomic E-state index is -0.581. The van der Waals surface area contributed by atoms with Gasteiger partial charge in [0.15, 0.2) is 5.78 Å². The summed E-state index contributed by atoms with van der Waals surface area (Å²) >= 11 is 0. The number of hydrogen-bond donors (Lipinski definition) is 1. The number of carbonyl (C=O) groups excluding carboxylic acids is 2. The second-order valence-corrected chi connectivity index (χ2v) is 4.49. The molecule has 0 radical (unpaired) electrons. The average molecular weight is 253 g/mol. The van der Waals surface area contributed by atoms with Crippen molar-refractivity contribution in [2.24, 2.45) is 5.73 Å². The molecule has 19 heavy (non-hydrogen) atoms. The summed E-state index contributed by atoms with van der Waals surface area (Å²) in [6, 6.07) is 12.3. The Labute approximate surface area is 112 Å². The van der Waals surface area contributed by atoms with Crippen molar-refractivity contribution in [3.63, 3.8) is 0 Å². The number of amides is 1. The van der Waals surface area contributed by atoms with Gasteiger partial charge in [-0.05, 0) is 31.0 Å². The number of aryl methyl sites for hydroxylation is 1. The summed E-state index contributed by atoms with van der Waals surface area (Å²) in [5.74, 6) is -0.752. The van der Waals surface area contributed by atoms with Crippen molar-refractivity contribution in [2.75, 3.05) is 0 Å². The van der Waals surface area contributed by atoms with Gasteiger partial charge in [0.2, 0.25) is 5.91 Å². The lowest BCUT2D eigenvalue weighted by atomic mass is 9.91. The summed E-state index contributed by atoms with van der Waals surface area (Å²) in [6.45, 7) is 3.74. The number of rotatable bonds is 3. The van der Waals surface area contributed by atoms with Crippen LogP contribution in [0.15, 0.2) is 42.5 Å². The van der Waals surface area contributed by atoms with E-state index in [1.807, 2.05) is 19.9 Å². The fourth-order valence-corrected chi connectivity index (χ4v) is 2.05. The van der Waals surface area contributed by atoms with Gasteiger partial charge in [-0.2, -0.15) is 0 Å². The summed E-state index contributed by atoms with van der Waals surface area (Å²) in [5.41, 5.74) is 8.35. The fourth-order valence-electron chi connectivity index (χ4n) is 2.05. The molecule has 96 valence electrons. The molecule has 2 rings (SSSR count). The number of nitrogens with two attached hydrogens (primary N) is 1. The van der Waals surface area contributed by atoms with Crippen molar-refractivity contribution in [2.45, 2.75) is 13.8 Å². The van der Waals surface area contributed by atoms with Gasteiger partial charge in [-0.15, -0.1) is 0 Å². The molecule has 0 bridgehead atoms. The van der Waals surface area contributed by atoms with Crippen LogP contribution in [0.5, 0.6) is 0 Å². The molecular formula is C16H15NO2. The number of benzene rings is 2. The van der Waals surface area contributed by atoms with Gasteiger partial charge in [0.1, 0.15) is 0 Å². The third-order valence-electron chi connectivity index (χ3n) is 3.26. The van der Waals surface area contributed by atoms with Crippen molar-refractivity contribution in [3.05, 3.63) is 70.3 Å². The molecule has 2 aromatic rings. The van der Waals surface area contributed by atoms with Crippen molar-refractivity contribution < 1.29 is 9.59 Å². The van der Waals surface area contributed by atoms with E-state index in [1.54, 1.807) is 36.4 Å². The molecule has 0 heterocycles. The highest BCUT2D eigenvalue weighted by Gasteiger charge is 2.19. The van der Waals surface area contributed by atoms with E-state index in [9.17, 15) is 9.59 Å². The van der Waals surface area contributed by atoms with Gasteiger partial charge in [-0.25, -0.2) is 0 Å². The molecule has 3 heteroatoms.